The van der Waals surface area contributed by atoms with E-state index in [1.807, 2.05) is 0 Å². The maximum absolute atomic E-state index is 13.5. The fraction of sp³-hybridized carbons (Fsp3) is 0.158. The molecule has 0 aliphatic rings. The summed E-state index contributed by atoms with van der Waals surface area (Å²) in [5.41, 5.74) is 0.810. The third-order valence-electron chi connectivity index (χ3n) is 3.26. The van der Waals surface area contributed by atoms with Crippen LogP contribution in [-0.2, 0) is 4.79 Å². The molecule has 0 amide bonds. The first-order valence-corrected chi connectivity index (χ1v) is 7.48. The number of carboxylic acids is 1. The second-order valence-electron chi connectivity index (χ2n) is 5.09. The van der Waals surface area contributed by atoms with Gasteiger partial charge in [-0.3, -0.25) is 9.59 Å². The topological polar surface area (TPSA) is 63.6 Å². The van der Waals surface area contributed by atoms with Crippen LogP contribution in [0.2, 0.25) is 0 Å². The summed E-state index contributed by atoms with van der Waals surface area (Å²) in [6.07, 6.45) is 3.23. The number of rotatable bonds is 8. The van der Waals surface area contributed by atoms with Crippen LogP contribution < -0.4 is 4.74 Å². The summed E-state index contributed by atoms with van der Waals surface area (Å²) in [6.45, 7) is 0.298. The number of halogens is 1. The first-order chi connectivity index (χ1) is 11.6. The average Bonchev–Trinajstić information content (AvgIpc) is 2.58. The smallest absolute Gasteiger partial charge is 0.303 e. The summed E-state index contributed by atoms with van der Waals surface area (Å²) in [6, 6.07) is 12.7. The molecule has 0 saturated heterocycles. The van der Waals surface area contributed by atoms with Crippen molar-refractivity contribution in [2.24, 2.45) is 0 Å². The van der Waals surface area contributed by atoms with Gasteiger partial charge in [-0.15, -0.1) is 0 Å². The Kier molecular flexibility index (Phi) is 6.25. The number of carbonyl (C=O) groups excluding carboxylic acids is 1. The van der Waals surface area contributed by atoms with Crippen LogP contribution in [0.1, 0.15) is 28.8 Å². The summed E-state index contributed by atoms with van der Waals surface area (Å²) >= 11 is 0. The minimum absolute atomic E-state index is 0.0530. The van der Waals surface area contributed by atoms with Crippen molar-refractivity contribution < 1.29 is 23.8 Å². The molecule has 2 aromatic carbocycles. The van der Waals surface area contributed by atoms with E-state index < -0.39 is 5.97 Å². The Morgan fingerprint density at radius 1 is 1.08 bits per heavy atom. The van der Waals surface area contributed by atoms with Gasteiger partial charge in [-0.2, -0.15) is 0 Å². The molecule has 0 heterocycles. The van der Waals surface area contributed by atoms with Gasteiger partial charge in [0.05, 0.1) is 6.61 Å². The predicted octanol–water partition coefficient (Wildman–Crippen LogP) is 3.97. The molecule has 2 aromatic rings. The first-order valence-electron chi connectivity index (χ1n) is 7.48. The highest BCUT2D eigenvalue weighted by molar-refractivity contribution is 6.06. The largest absolute Gasteiger partial charge is 0.494 e. The molecule has 0 unspecified atom stereocenters. The van der Waals surface area contributed by atoms with E-state index in [-0.39, 0.29) is 18.0 Å². The van der Waals surface area contributed by atoms with Crippen molar-refractivity contribution in [3.63, 3.8) is 0 Å². The van der Waals surface area contributed by atoms with Crippen LogP contribution in [0.4, 0.5) is 4.39 Å². The molecule has 5 heteroatoms. The Morgan fingerprint density at radius 2 is 1.79 bits per heavy atom. The lowest BCUT2D eigenvalue weighted by molar-refractivity contribution is -0.137. The Hall–Kier alpha value is -2.95. The molecular formula is C19H17FO4. The molecule has 24 heavy (non-hydrogen) atoms. The number of ether oxygens (including phenoxy) is 1. The highest BCUT2D eigenvalue weighted by atomic mass is 19.1. The van der Waals surface area contributed by atoms with E-state index in [2.05, 4.69) is 0 Å². The highest BCUT2D eigenvalue weighted by Gasteiger charge is 2.04. The quantitative estimate of drug-likeness (QED) is 0.452. The molecule has 0 atom stereocenters. The number of carboxylic acid groups (broad SMARTS) is 1. The lowest BCUT2D eigenvalue weighted by Gasteiger charge is -2.05. The molecule has 0 saturated carbocycles. The van der Waals surface area contributed by atoms with Gasteiger partial charge in [-0.1, -0.05) is 18.2 Å². The van der Waals surface area contributed by atoms with Gasteiger partial charge >= 0.3 is 5.97 Å². The van der Waals surface area contributed by atoms with Crippen molar-refractivity contribution in [3.8, 4) is 5.75 Å². The summed E-state index contributed by atoms with van der Waals surface area (Å²) < 4.78 is 18.9. The van der Waals surface area contributed by atoms with Gasteiger partial charge in [-0.05, 0) is 48.9 Å². The number of hydrogen-bond donors (Lipinski definition) is 1. The summed E-state index contributed by atoms with van der Waals surface area (Å²) in [7, 11) is 0. The van der Waals surface area contributed by atoms with Gasteiger partial charge < -0.3 is 9.84 Å². The van der Waals surface area contributed by atoms with E-state index in [9.17, 15) is 14.0 Å². The maximum atomic E-state index is 13.5. The van der Waals surface area contributed by atoms with Crippen LogP contribution in [0, 0.1) is 5.82 Å². The van der Waals surface area contributed by atoms with Crippen molar-refractivity contribution in [1.29, 1.82) is 0 Å². The molecule has 0 radical (unpaired) electrons. The number of ketones is 1. The molecule has 124 valence electrons. The molecular weight excluding hydrogens is 311 g/mol. The molecule has 0 bridgehead atoms. The highest BCUT2D eigenvalue weighted by Crippen LogP contribution is 2.14. The van der Waals surface area contributed by atoms with Crippen LogP contribution in [0.15, 0.2) is 54.6 Å². The standard InChI is InChI=1S/C19H17FO4/c20-17-5-2-1-4-14(17)9-12-18(21)15-7-10-16(11-8-15)24-13-3-6-19(22)23/h1-2,4-5,7-12H,3,6,13H2,(H,22,23)/b12-9+. The zero-order valence-corrected chi connectivity index (χ0v) is 12.9. The molecule has 0 aromatic heterocycles. The second kappa shape index (κ2) is 8.62. The van der Waals surface area contributed by atoms with Gasteiger partial charge in [0.1, 0.15) is 11.6 Å². The van der Waals surface area contributed by atoms with E-state index >= 15 is 0 Å². The third kappa shape index (κ3) is 5.35. The maximum Gasteiger partial charge on any atom is 0.303 e. The van der Waals surface area contributed by atoms with E-state index in [1.165, 1.54) is 18.2 Å². The molecule has 1 N–H and O–H groups in total. The number of allylic oxidation sites excluding steroid dienone is 1. The minimum atomic E-state index is -0.860. The molecule has 0 aliphatic heterocycles. The zero-order chi connectivity index (χ0) is 17.4. The Labute approximate surface area is 139 Å². The third-order valence-corrected chi connectivity index (χ3v) is 3.26. The van der Waals surface area contributed by atoms with E-state index in [4.69, 9.17) is 9.84 Å². The van der Waals surface area contributed by atoms with Crippen LogP contribution in [0.3, 0.4) is 0 Å². The molecule has 0 fully saturated rings. The van der Waals surface area contributed by atoms with Gasteiger partial charge in [-0.25, -0.2) is 4.39 Å². The monoisotopic (exact) mass is 328 g/mol. The normalized spacial score (nSPS) is 10.7. The fourth-order valence-corrected chi connectivity index (χ4v) is 2.00. The SMILES string of the molecule is O=C(O)CCCOc1ccc(C(=O)/C=C/c2ccccc2F)cc1. The lowest BCUT2D eigenvalue weighted by atomic mass is 10.1. The van der Waals surface area contributed by atoms with Gasteiger partial charge in [0, 0.05) is 17.5 Å². The van der Waals surface area contributed by atoms with Crippen molar-refractivity contribution >= 4 is 17.8 Å². The van der Waals surface area contributed by atoms with E-state index in [0.29, 0.717) is 29.9 Å². The van der Waals surface area contributed by atoms with Crippen molar-refractivity contribution in [2.45, 2.75) is 12.8 Å². The summed E-state index contributed by atoms with van der Waals surface area (Å²) in [5, 5.41) is 8.54. The summed E-state index contributed by atoms with van der Waals surface area (Å²) in [4.78, 5) is 22.5. The van der Waals surface area contributed by atoms with Crippen molar-refractivity contribution in [1.82, 2.24) is 0 Å². The number of hydrogen-bond acceptors (Lipinski definition) is 3. The Morgan fingerprint density at radius 3 is 2.46 bits per heavy atom. The van der Waals surface area contributed by atoms with Crippen LogP contribution in [0.5, 0.6) is 5.75 Å². The molecule has 2 rings (SSSR count). The molecule has 4 nitrogen and oxygen atoms in total. The van der Waals surface area contributed by atoms with Crippen LogP contribution in [0.25, 0.3) is 6.08 Å². The van der Waals surface area contributed by atoms with Crippen LogP contribution >= 0.6 is 0 Å². The first kappa shape index (κ1) is 17.4. The van der Waals surface area contributed by atoms with E-state index in [0.717, 1.165) is 0 Å². The minimum Gasteiger partial charge on any atom is -0.494 e. The molecule has 0 aliphatic carbocycles. The Bertz CT molecular complexity index is 735. The summed E-state index contributed by atoms with van der Waals surface area (Å²) in [5.74, 6) is -0.918. The molecule has 0 spiro atoms. The number of benzene rings is 2. The van der Waals surface area contributed by atoms with Gasteiger partial charge in [0.2, 0.25) is 0 Å². The van der Waals surface area contributed by atoms with Gasteiger partial charge in [0.15, 0.2) is 5.78 Å². The Balaban J connectivity index is 1.91. The number of aliphatic carboxylic acids is 1. The average molecular weight is 328 g/mol. The lowest BCUT2D eigenvalue weighted by Crippen LogP contribution is -2.02. The van der Waals surface area contributed by atoms with Crippen molar-refractivity contribution in [3.05, 3.63) is 71.6 Å². The van der Waals surface area contributed by atoms with Gasteiger partial charge in [0.25, 0.3) is 0 Å². The second-order valence-corrected chi connectivity index (χ2v) is 5.09. The van der Waals surface area contributed by atoms with Crippen LogP contribution in [-0.4, -0.2) is 23.5 Å². The predicted molar refractivity (Wildman–Crippen MR) is 88.6 cm³/mol. The fourth-order valence-electron chi connectivity index (χ4n) is 2.00. The number of carbonyl (C=O) groups is 2. The van der Waals surface area contributed by atoms with E-state index in [1.54, 1.807) is 42.5 Å². The van der Waals surface area contributed by atoms with Crippen molar-refractivity contribution in [2.75, 3.05) is 6.61 Å². The zero-order valence-electron chi connectivity index (χ0n) is 12.9.